The molecule has 0 unspecified atom stereocenters. The van der Waals surface area contributed by atoms with Crippen LogP contribution < -0.4 is 19.1 Å². The summed E-state index contributed by atoms with van der Waals surface area (Å²) >= 11 is 0. The number of amides is 1. The molecule has 0 saturated carbocycles. The molecular formula is C22H28N2O5S. The number of hydrogen-bond donors (Lipinski definition) is 1. The van der Waals surface area contributed by atoms with Gasteiger partial charge in [-0.25, -0.2) is 8.42 Å². The standard InChI is InChI=1S/C22H28N2O5S/c1-6-11-24-18-9-7-16(13-20(18)29-14-22(3,4)21(24)25)23-30(26,27)17-8-10-19(28-5)15(2)12-17/h7-10,12-13,23H,6,11,14H2,1-5H3. The number of benzene rings is 2. The Morgan fingerprint density at radius 3 is 2.57 bits per heavy atom. The van der Waals surface area contributed by atoms with Crippen LogP contribution in [0.15, 0.2) is 41.3 Å². The normalized spacial score (nSPS) is 15.8. The van der Waals surface area contributed by atoms with E-state index in [1.54, 1.807) is 42.2 Å². The zero-order chi connectivity index (χ0) is 22.1. The van der Waals surface area contributed by atoms with Gasteiger partial charge in [0.1, 0.15) is 18.1 Å². The summed E-state index contributed by atoms with van der Waals surface area (Å²) in [5, 5.41) is 0. The second-order valence-electron chi connectivity index (χ2n) is 8.05. The van der Waals surface area contributed by atoms with E-state index in [1.165, 1.54) is 13.2 Å². The third kappa shape index (κ3) is 4.23. The molecule has 0 fully saturated rings. The highest BCUT2D eigenvalue weighted by atomic mass is 32.2. The maximum absolute atomic E-state index is 12.9. The van der Waals surface area contributed by atoms with Crippen LogP contribution in [0.3, 0.4) is 0 Å². The van der Waals surface area contributed by atoms with Crippen LogP contribution in [0.25, 0.3) is 0 Å². The molecule has 2 aromatic rings. The molecule has 30 heavy (non-hydrogen) atoms. The van der Waals surface area contributed by atoms with Crippen LogP contribution in [0.2, 0.25) is 0 Å². The highest BCUT2D eigenvalue weighted by Gasteiger charge is 2.37. The summed E-state index contributed by atoms with van der Waals surface area (Å²) in [5.74, 6) is 1.09. The minimum Gasteiger partial charge on any atom is -0.496 e. The predicted molar refractivity (Wildman–Crippen MR) is 117 cm³/mol. The van der Waals surface area contributed by atoms with Gasteiger partial charge in [-0.05, 0) is 63.1 Å². The summed E-state index contributed by atoms with van der Waals surface area (Å²) in [6.07, 6.45) is 0.798. The van der Waals surface area contributed by atoms with E-state index >= 15 is 0 Å². The van der Waals surface area contributed by atoms with Gasteiger partial charge in [0.15, 0.2) is 0 Å². The fourth-order valence-electron chi connectivity index (χ4n) is 3.39. The van der Waals surface area contributed by atoms with Gasteiger partial charge in [0.05, 0.1) is 28.8 Å². The van der Waals surface area contributed by atoms with Crippen molar-refractivity contribution >= 4 is 27.3 Å². The highest BCUT2D eigenvalue weighted by molar-refractivity contribution is 7.92. The molecule has 1 amide bonds. The van der Waals surface area contributed by atoms with Gasteiger partial charge in [0.25, 0.3) is 10.0 Å². The van der Waals surface area contributed by atoms with Gasteiger partial charge in [0, 0.05) is 12.6 Å². The minimum absolute atomic E-state index is 0.00913. The van der Waals surface area contributed by atoms with Crippen molar-refractivity contribution in [1.29, 1.82) is 0 Å². The number of carbonyl (C=O) groups excluding carboxylic acids is 1. The molecule has 0 saturated heterocycles. The van der Waals surface area contributed by atoms with Crippen LogP contribution in [0.5, 0.6) is 11.5 Å². The average Bonchev–Trinajstić information content (AvgIpc) is 2.78. The molecule has 0 radical (unpaired) electrons. The van der Waals surface area contributed by atoms with E-state index in [-0.39, 0.29) is 17.4 Å². The molecule has 1 aliphatic heterocycles. The number of nitrogens with zero attached hydrogens (tertiary/aromatic N) is 1. The molecule has 0 aromatic heterocycles. The SMILES string of the molecule is CCCN1C(=O)C(C)(C)COc2cc(NS(=O)(=O)c3ccc(OC)c(C)c3)ccc21. The van der Waals surface area contributed by atoms with E-state index in [9.17, 15) is 13.2 Å². The highest BCUT2D eigenvalue weighted by Crippen LogP contribution is 2.38. The van der Waals surface area contributed by atoms with Crippen molar-refractivity contribution in [3.63, 3.8) is 0 Å². The number of carbonyl (C=O) groups is 1. The van der Waals surface area contributed by atoms with Gasteiger partial charge in [-0.15, -0.1) is 0 Å². The van der Waals surface area contributed by atoms with Gasteiger partial charge in [-0.1, -0.05) is 6.92 Å². The van der Waals surface area contributed by atoms with Crippen molar-refractivity contribution in [3.8, 4) is 11.5 Å². The number of aryl methyl sites for hydroxylation is 1. The van der Waals surface area contributed by atoms with Crippen molar-refractivity contribution in [2.75, 3.05) is 29.9 Å². The largest absolute Gasteiger partial charge is 0.496 e. The molecule has 0 atom stereocenters. The van der Waals surface area contributed by atoms with Crippen molar-refractivity contribution in [2.24, 2.45) is 5.41 Å². The first-order valence-electron chi connectivity index (χ1n) is 9.85. The Balaban J connectivity index is 1.94. The Bertz CT molecular complexity index is 1060. The molecule has 1 heterocycles. The molecule has 8 heteroatoms. The summed E-state index contributed by atoms with van der Waals surface area (Å²) < 4.78 is 39.4. The third-order valence-electron chi connectivity index (χ3n) is 5.04. The zero-order valence-corrected chi connectivity index (χ0v) is 18.8. The first-order valence-corrected chi connectivity index (χ1v) is 11.3. The third-order valence-corrected chi connectivity index (χ3v) is 6.42. The molecular weight excluding hydrogens is 404 g/mol. The first kappa shape index (κ1) is 22.0. The number of methoxy groups -OCH3 is 1. The van der Waals surface area contributed by atoms with Crippen LogP contribution in [-0.2, 0) is 14.8 Å². The van der Waals surface area contributed by atoms with Crippen LogP contribution in [0, 0.1) is 12.3 Å². The predicted octanol–water partition coefficient (Wildman–Crippen LogP) is 3.97. The van der Waals surface area contributed by atoms with Crippen LogP contribution in [0.1, 0.15) is 32.8 Å². The first-order chi connectivity index (χ1) is 14.1. The van der Waals surface area contributed by atoms with E-state index in [0.29, 0.717) is 29.4 Å². The van der Waals surface area contributed by atoms with E-state index in [2.05, 4.69) is 4.72 Å². The lowest BCUT2D eigenvalue weighted by Gasteiger charge is -2.27. The number of nitrogens with one attached hydrogen (secondary N) is 1. The fraction of sp³-hybridized carbons (Fsp3) is 0.409. The molecule has 3 rings (SSSR count). The molecule has 7 nitrogen and oxygen atoms in total. The monoisotopic (exact) mass is 432 g/mol. The number of ether oxygens (including phenoxy) is 2. The van der Waals surface area contributed by atoms with Crippen molar-refractivity contribution < 1.29 is 22.7 Å². The zero-order valence-electron chi connectivity index (χ0n) is 18.0. The van der Waals surface area contributed by atoms with Crippen molar-refractivity contribution in [2.45, 2.75) is 39.0 Å². The van der Waals surface area contributed by atoms with Gasteiger partial charge in [-0.3, -0.25) is 9.52 Å². The Hall–Kier alpha value is -2.74. The molecule has 1 aliphatic rings. The molecule has 162 valence electrons. The molecule has 0 bridgehead atoms. The number of anilines is 2. The number of sulfonamides is 1. The van der Waals surface area contributed by atoms with E-state index in [4.69, 9.17) is 9.47 Å². The Morgan fingerprint density at radius 1 is 1.20 bits per heavy atom. The molecule has 1 N–H and O–H groups in total. The van der Waals surface area contributed by atoms with Gasteiger partial charge in [-0.2, -0.15) is 0 Å². The van der Waals surface area contributed by atoms with E-state index in [1.807, 2.05) is 20.8 Å². The summed E-state index contributed by atoms with van der Waals surface area (Å²) in [6.45, 7) is 8.26. The van der Waals surface area contributed by atoms with Crippen molar-refractivity contribution in [1.82, 2.24) is 0 Å². The summed E-state index contributed by atoms with van der Waals surface area (Å²) in [7, 11) is -2.26. The summed E-state index contributed by atoms with van der Waals surface area (Å²) in [4.78, 5) is 14.8. The van der Waals surface area contributed by atoms with E-state index in [0.717, 1.165) is 12.0 Å². The number of hydrogen-bond acceptors (Lipinski definition) is 5. The van der Waals surface area contributed by atoms with Crippen LogP contribution in [0.4, 0.5) is 11.4 Å². The average molecular weight is 433 g/mol. The second-order valence-corrected chi connectivity index (χ2v) is 9.73. The van der Waals surface area contributed by atoms with Crippen LogP contribution >= 0.6 is 0 Å². The molecule has 0 spiro atoms. The second kappa shape index (κ2) is 8.18. The number of fused-ring (bicyclic) bond motifs is 1. The maximum Gasteiger partial charge on any atom is 0.261 e. The van der Waals surface area contributed by atoms with Crippen LogP contribution in [-0.4, -0.2) is 34.6 Å². The fourth-order valence-corrected chi connectivity index (χ4v) is 4.52. The molecule has 0 aliphatic carbocycles. The minimum atomic E-state index is -3.80. The quantitative estimate of drug-likeness (QED) is 0.747. The maximum atomic E-state index is 12.9. The Morgan fingerprint density at radius 2 is 1.93 bits per heavy atom. The van der Waals surface area contributed by atoms with E-state index < -0.39 is 15.4 Å². The summed E-state index contributed by atoms with van der Waals surface area (Å²) in [6, 6.07) is 9.68. The smallest absolute Gasteiger partial charge is 0.261 e. The molecule has 2 aromatic carbocycles. The number of rotatable bonds is 6. The van der Waals surface area contributed by atoms with Gasteiger partial charge in [0.2, 0.25) is 5.91 Å². The van der Waals surface area contributed by atoms with Gasteiger partial charge < -0.3 is 14.4 Å². The summed E-state index contributed by atoms with van der Waals surface area (Å²) in [5.41, 5.74) is 1.07. The lowest BCUT2D eigenvalue weighted by Crippen LogP contribution is -2.42. The van der Waals surface area contributed by atoms with Crippen molar-refractivity contribution in [3.05, 3.63) is 42.0 Å². The lowest BCUT2D eigenvalue weighted by molar-refractivity contribution is -0.127. The Labute approximate surface area is 178 Å². The lowest BCUT2D eigenvalue weighted by atomic mass is 9.93. The topological polar surface area (TPSA) is 84.9 Å². The Kier molecular flexibility index (Phi) is 5.99. The van der Waals surface area contributed by atoms with Gasteiger partial charge >= 0.3 is 0 Å².